The molecule has 1 fully saturated rings. The van der Waals surface area contributed by atoms with E-state index in [2.05, 4.69) is 4.98 Å². The molecule has 0 amide bonds. The van der Waals surface area contributed by atoms with Crippen molar-refractivity contribution >= 4 is 0 Å². The molecule has 106 valence electrons. The zero-order valence-corrected chi connectivity index (χ0v) is 10.3. The summed E-state index contributed by atoms with van der Waals surface area (Å²) >= 11 is 0. The van der Waals surface area contributed by atoms with Gasteiger partial charge in [-0.3, -0.25) is 14.3 Å². The molecule has 8 nitrogen and oxygen atoms in total. The number of nitrogens with one attached hydrogen (secondary N) is 1. The third-order valence-corrected chi connectivity index (χ3v) is 3.21. The summed E-state index contributed by atoms with van der Waals surface area (Å²) in [5.41, 5.74) is -0.870. The van der Waals surface area contributed by atoms with Gasteiger partial charge in [0.2, 0.25) is 0 Å². The van der Waals surface area contributed by atoms with Gasteiger partial charge in [-0.15, -0.1) is 0 Å². The van der Waals surface area contributed by atoms with Crippen LogP contribution < -0.4 is 11.2 Å². The minimum Gasteiger partial charge on any atom is -0.394 e. The molecule has 2 heterocycles. The van der Waals surface area contributed by atoms with E-state index in [1.165, 1.54) is 6.20 Å². The van der Waals surface area contributed by atoms with Gasteiger partial charge in [0, 0.05) is 11.8 Å². The minimum absolute atomic E-state index is 0.359. The van der Waals surface area contributed by atoms with E-state index in [4.69, 9.17) is 9.84 Å². The first kappa shape index (κ1) is 13.9. The molecule has 0 aliphatic carbocycles. The van der Waals surface area contributed by atoms with Crippen molar-refractivity contribution in [1.29, 1.82) is 0 Å². The van der Waals surface area contributed by atoms with Crippen LogP contribution in [0.5, 0.6) is 0 Å². The van der Waals surface area contributed by atoms with Crippen molar-refractivity contribution in [2.45, 2.75) is 37.9 Å². The fourth-order valence-corrected chi connectivity index (χ4v) is 2.08. The number of aliphatic hydroxyl groups excluding tert-OH is 3. The van der Waals surface area contributed by atoms with Crippen molar-refractivity contribution in [1.82, 2.24) is 9.55 Å². The van der Waals surface area contributed by atoms with Crippen LogP contribution in [0.25, 0.3) is 0 Å². The second-order valence-corrected chi connectivity index (χ2v) is 4.40. The molecule has 4 N–H and O–H groups in total. The van der Waals surface area contributed by atoms with Gasteiger partial charge in [-0.2, -0.15) is 0 Å². The Labute approximate surface area is 107 Å². The highest BCUT2D eigenvalue weighted by Gasteiger charge is 2.43. The van der Waals surface area contributed by atoms with Crippen LogP contribution in [0.3, 0.4) is 0 Å². The highest BCUT2D eigenvalue weighted by Crippen LogP contribution is 2.27. The van der Waals surface area contributed by atoms with Crippen LogP contribution in [-0.2, 0) is 11.2 Å². The molecule has 0 radical (unpaired) electrons. The second-order valence-electron chi connectivity index (χ2n) is 4.40. The zero-order valence-electron chi connectivity index (χ0n) is 10.3. The van der Waals surface area contributed by atoms with Crippen molar-refractivity contribution in [2.24, 2.45) is 0 Å². The van der Waals surface area contributed by atoms with Gasteiger partial charge in [0.1, 0.15) is 18.3 Å². The molecule has 1 aliphatic heterocycles. The fourth-order valence-electron chi connectivity index (χ4n) is 2.08. The average Bonchev–Trinajstić information content (AvgIpc) is 2.67. The number of ether oxygens (including phenoxy) is 1. The van der Waals surface area contributed by atoms with Crippen molar-refractivity contribution < 1.29 is 20.1 Å². The maximum atomic E-state index is 11.7. The van der Waals surface area contributed by atoms with Gasteiger partial charge < -0.3 is 20.1 Å². The van der Waals surface area contributed by atoms with Crippen molar-refractivity contribution in [3.63, 3.8) is 0 Å². The maximum Gasteiger partial charge on any atom is 0.330 e. The summed E-state index contributed by atoms with van der Waals surface area (Å²) in [6.07, 6.45) is -3.05. The van der Waals surface area contributed by atoms with Gasteiger partial charge in [-0.25, -0.2) is 4.79 Å². The largest absolute Gasteiger partial charge is 0.394 e. The summed E-state index contributed by atoms with van der Waals surface area (Å²) in [7, 11) is 0. The number of aromatic amines is 1. The molecule has 19 heavy (non-hydrogen) atoms. The molecule has 4 atom stereocenters. The third-order valence-electron chi connectivity index (χ3n) is 3.21. The number of aliphatic hydroxyl groups is 3. The second kappa shape index (κ2) is 5.25. The van der Waals surface area contributed by atoms with Crippen molar-refractivity contribution in [3.8, 4) is 0 Å². The predicted molar refractivity (Wildman–Crippen MR) is 63.7 cm³/mol. The zero-order chi connectivity index (χ0) is 14.2. The van der Waals surface area contributed by atoms with Crippen LogP contribution in [-0.4, -0.2) is 49.8 Å². The molecule has 0 aromatic carbocycles. The lowest BCUT2D eigenvalue weighted by Crippen LogP contribution is -2.38. The summed E-state index contributed by atoms with van der Waals surface area (Å²) in [4.78, 5) is 25.3. The Morgan fingerprint density at radius 3 is 2.58 bits per heavy atom. The van der Waals surface area contributed by atoms with Gasteiger partial charge in [-0.05, 0) is 6.42 Å². The lowest BCUT2D eigenvalue weighted by Gasteiger charge is -2.17. The van der Waals surface area contributed by atoms with Gasteiger partial charge in [0.25, 0.3) is 5.56 Å². The predicted octanol–water partition coefficient (Wildman–Crippen LogP) is -2.29. The molecule has 1 saturated heterocycles. The fraction of sp³-hybridized carbons (Fsp3) is 0.636. The van der Waals surface area contributed by atoms with Gasteiger partial charge in [-0.1, -0.05) is 6.92 Å². The number of hydrogen-bond donors (Lipinski definition) is 4. The summed E-state index contributed by atoms with van der Waals surface area (Å²) in [6, 6.07) is 0. The van der Waals surface area contributed by atoms with E-state index in [1.807, 2.05) is 0 Å². The molecule has 1 aromatic rings. The highest BCUT2D eigenvalue weighted by molar-refractivity contribution is 5.05. The first-order chi connectivity index (χ1) is 8.99. The molecular weight excluding hydrogens is 256 g/mol. The lowest BCUT2D eigenvalue weighted by atomic mass is 10.1. The first-order valence-electron chi connectivity index (χ1n) is 5.96. The standard InChI is InChI=1S/C11H16N2O6/c1-2-5-3-13(11(18)12-9(5)17)10-8(16)7(15)6(4-14)19-10/h3,6-8,10,14-16H,2,4H2,1H3,(H,12,17,18)/t6-,7-,8-,10-/m1/s1. The minimum atomic E-state index is -1.36. The Morgan fingerprint density at radius 1 is 1.37 bits per heavy atom. The van der Waals surface area contributed by atoms with Crippen LogP contribution >= 0.6 is 0 Å². The normalized spacial score (nSPS) is 30.7. The molecule has 2 rings (SSSR count). The van der Waals surface area contributed by atoms with E-state index < -0.39 is 42.4 Å². The van der Waals surface area contributed by atoms with E-state index in [0.717, 1.165) is 4.57 Å². The summed E-state index contributed by atoms with van der Waals surface area (Å²) in [5.74, 6) is 0. The first-order valence-corrected chi connectivity index (χ1v) is 5.96. The van der Waals surface area contributed by atoms with E-state index in [0.29, 0.717) is 12.0 Å². The molecule has 0 bridgehead atoms. The van der Waals surface area contributed by atoms with Gasteiger partial charge >= 0.3 is 5.69 Å². The number of nitrogens with zero attached hydrogens (tertiary/aromatic N) is 1. The number of aryl methyl sites for hydroxylation is 1. The number of rotatable bonds is 3. The van der Waals surface area contributed by atoms with Crippen LogP contribution in [0.4, 0.5) is 0 Å². The topological polar surface area (TPSA) is 125 Å². The Hall–Kier alpha value is -1.48. The molecule has 0 unspecified atom stereocenters. The third kappa shape index (κ3) is 2.35. The quantitative estimate of drug-likeness (QED) is 0.491. The van der Waals surface area contributed by atoms with Crippen LogP contribution in [0.1, 0.15) is 18.7 Å². The smallest absolute Gasteiger partial charge is 0.330 e. The van der Waals surface area contributed by atoms with Crippen LogP contribution in [0, 0.1) is 0 Å². The molecular formula is C11H16N2O6. The lowest BCUT2D eigenvalue weighted by molar-refractivity contribution is -0.0551. The Morgan fingerprint density at radius 2 is 2.05 bits per heavy atom. The van der Waals surface area contributed by atoms with Gasteiger partial charge in [0.05, 0.1) is 6.61 Å². The molecule has 8 heteroatoms. The SMILES string of the molecule is CCc1cn([C@@H]2O[C@H](CO)[C@@H](O)[C@H]2O)c(=O)[nH]c1=O. The number of hydrogen-bond acceptors (Lipinski definition) is 6. The van der Waals surface area contributed by atoms with E-state index >= 15 is 0 Å². The Kier molecular flexibility index (Phi) is 3.85. The number of aromatic nitrogens is 2. The van der Waals surface area contributed by atoms with Crippen molar-refractivity contribution in [3.05, 3.63) is 32.6 Å². The Balaban J connectivity index is 2.43. The molecule has 1 aromatic heterocycles. The van der Waals surface area contributed by atoms with E-state index in [9.17, 15) is 19.8 Å². The average molecular weight is 272 g/mol. The number of H-pyrrole nitrogens is 1. The molecule has 1 aliphatic rings. The maximum absolute atomic E-state index is 11.7. The van der Waals surface area contributed by atoms with Crippen LogP contribution in [0.2, 0.25) is 0 Å². The molecule has 0 saturated carbocycles. The summed E-state index contributed by atoms with van der Waals surface area (Å²) in [6.45, 7) is 1.27. The van der Waals surface area contributed by atoms with E-state index in [-0.39, 0.29) is 0 Å². The van der Waals surface area contributed by atoms with E-state index in [1.54, 1.807) is 6.92 Å². The van der Waals surface area contributed by atoms with Gasteiger partial charge in [0.15, 0.2) is 6.23 Å². The Bertz CT molecular complexity index is 565. The monoisotopic (exact) mass is 272 g/mol. The molecule has 0 spiro atoms. The van der Waals surface area contributed by atoms with Crippen molar-refractivity contribution in [2.75, 3.05) is 6.61 Å². The summed E-state index contributed by atoms with van der Waals surface area (Å²) < 4.78 is 6.25. The van der Waals surface area contributed by atoms with Crippen LogP contribution in [0.15, 0.2) is 15.8 Å². The highest BCUT2D eigenvalue weighted by atomic mass is 16.6. The summed E-state index contributed by atoms with van der Waals surface area (Å²) in [5, 5.41) is 28.5.